The molecule has 3 nitrogen and oxygen atoms in total. The summed E-state index contributed by atoms with van der Waals surface area (Å²) in [4.78, 5) is 8.76. The molecule has 0 atom stereocenters. The van der Waals surface area contributed by atoms with E-state index in [0.29, 0.717) is 40.7 Å². The topological polar surface area (TPSA) is 38.9 Å². The van der Waals surface area contributed by atoms with Crippen molar-refractivity contribution in [2.75, 3.05) is 0 Å². The summed E-state index contributed by atoms with van der Waals surface area (Å²) in [5.74, 6) is -0.942. The Balaban J connectivity index is 0.000000238. The number of aryl methyl sites for hydroxylation is 2. The molecule has 2 aliphatic rings. The minimum Gasteiger partial charge on any atom is -0.500 e. The first-order valence-corrected chi connectivity index (χ1v) is 17.0. The van der Waals surface area contributed by atoms with Gasteiger partial charge in [0.1, 0.15) is 5.58 Å². The van der Waals surface area contributed by atoms with Crippen LogP contribution in [0.15, 0.2) is 108 Å². The number of hydrogen-bond acceptors (Lipinski definition) is 3. The number of fused-ring (bicyclic) bond motifs is 5. The maximum absolute atomic E-state index is 9.57. The van der Waals surface area contributed by atoms with Crippen LogP contribution in [-0.2, 0) is 20.1 Å². The Hall–Kier alpha value is -4.11. The van der Waals surface area contributed by atoms with E-state index in [4.69, 9.17) is 12.6 Å². The second kappa shape index (κ2) is 14.4. The van der Waals surface area contributed by atoms with Gasteiger partial charge in [0.2, 0.25) is 0 Å². The van der Waals surface area contributed by atoms with Gasteiger partial charge in [-0.3, -0.25) is 0 Å². The molecule has 7 aromatic rings. The number of aromatic nitrogens is 2. The monoisotopic (exact) mass is 826 g/mol. The zero-order chi connectivity index (χ0) is 38.4. The Morgan fingerprint density at radius 1 is 0.735 bits per heavy atom. The summed E-state index contributed by atoms with van der Waals surface area (Å²) in [6.45, 7) is -4.42. The second-order valence-electron chi connectivity index (χ2n) is 13.3. The van der Waals surface area contributed by atoms with Crippen LogP contribution in [0.25, 0.3) is 55.2 Å². The van der Waals surface area contributed by atoms with E-state index in [9.17, 15) is 1.37 Å². The molecule has 3 aromatic heterocycles. The molecule has 2 fully saturated rings. The summed E-state index contributed by atoms with van der Waals surface area (Å²) in [7, 11) is 0. The van der Waals surface area contributed by atoms with E-state index in [1.54, 1.807) is 18.2 Å². The van der Waals surface area contributed by atoms with E-state index in [2.05, 4.69) is 46.4 Å². The van der Waals surface area contributed by atoms with E-state index in [-0.39, 0.29) is 31.2 Å². The summed E-state index contributed by atoms with van der Waals surface area (Å²) in [5, 5.41) is 4.17. The van der Waals surface area contributed by atoms with Crippen molar-refractivity contribution in [2.24, 2.45) is 5.41 Å². The molecule has 3 heterocycles. The normalized spacial score (nSPS) is 19.2. The molecule has 0 aliphatic heterocycles. The van der Waals surface area contributed by atoms with Gasteiger partial charge in [0.15, 0.2) is 0 Å². The van der Waals surface area contributed by atoms with E-state index in [0.717, 1.165) is 51.2 Å². The Bertz CT molecular complexity index is 2460. The first-order chi connectivity index (χ1) is 26.3. The van der Waals surface area contributed by atoms with Gasteiger partial charge in [-0.25, -0.2) is 0 Å². The summed E-state index contributed by atoms with van der Waals surface area (Å²) in [6, 6.07) is 35.2. The number of nitrogens with zero attached hydrogens (tertiary/aromatic N) is 2. The molecule has 0 N–H and O–H groups in total. The molecular weight excluding hydrogens is 777 g/mol. The van der Waals surface area contributed by atoms with Gasteiger partial charge in [0.05, 0.1) is 5.58 Å². The summed E-state index contributed by atoms with van der Waals surface area (Å²) in [6.07, 6.45) is 12.6. The van der Waals surface area contributed by atoms with Crippen LogP contribution in [-0.4, -0.2) is 9.97 Å². The fourth-order valence-electron chi connectivity index (χ4n) is 7.80. The van der Waals surface area contributed by atoms with Crippen molar-refractivity contribution in [1.29, 1.82) is 0 Å². The molecule has 249 valence electrons. The van der Waals surface area contributed by atoms with Crippen LogP contribution in [0.5, 0.6) is 0 Å². The van der Waals surface area contributed by atoms with Crippen molar-refractivity contribution in [3.63, 3.8) is 0 Å². The van der Waals surface area contributed by atoms with E-state index in [1.165, 1.54) is 44.5 Å². The fourth-order valence-corrected chi connectivity index (χ4v) is 7.80. The first-order valence-electron chi connectivity index (χ1n) is 20.5. The Morgan fingerprint density at radius 3 is 2.33 bits per heavy atom. The van der Waals surface area contributed by atoms with Gasteiger partial charge in [-0.05, 0) is 97.0 Å². The van der Waals surface area contributed by atoms with Gasteiger partial charge in [-0.15, -0.1) is 54.1 Å². The second-order valence-corrected chi connectivity index (χ2v) is 13.3. The van der Waals surface area contributed by atoms with Crippen LogP contribution in [0, 0.1) is 31.3 Å². The van der Waals surface area contributed by atoms with Gasteiger partial charge >= 0.3 is 0 Å². The Kier molecular flexibility index (Phi) is 7.58. The average Bonchev–Trinajstić information content (AvgIpc) is 3.59. The Morgan fingerprint density at radius 2 is 1.55 bits per heavy atom. The van der Waals surface area contributed by atoms with Crippen LogP contribution >= 0.6 is 0 Å². The third-order valence-electron chi connectivity index (χ3n) is 10.4. The number of hydrogen-bond donors (Lipinski definition) is 0. The molecule has 0 saturated heterocycles. The molecule has 0 unspecified atom stereocenters. The quantitative estimate of drug-likeness (QED) is 0.167. The van der Waals surface area contributed by atoms with E-state index < -0.39 is 19.6 Å². The minimum absolute atomic E-state index is 0. The largest absolute Gasteiger partial charge is 0.500 e. The smallest absolute Gasteiger partial charge is 0.128 e. The van der Waals surface area contributed by atoms with Gasteiger partial charge in [-0.2, -0.15) is 0 Å². The maximum atomic E-state index is 9.57. The molecule has 4 heteroatoms. The van der Waals surface area contributed by atoms with Crippen LogP contribution < -0.4 is 0 Å². The zero-order valence-electron chi connectivity index (χ0n) is 34.3. The van der Waals surface area contributed by atoms with Gasteiger partial charge < -0.3 is 14.4 Å². The van der Waals surface area contributed by atoms with Crippen LogP contribution in [0.4, 0.5) is 0 Å². The van der Waals surface area contributed by atoms with Crippen LogP contribution in [0.1, 0.15) is 90.0 Å². The molecule has 2 saturated carbocycles. The van der Waals surface area contributed by atoms with Crippen molar-refractivity contribution in [3.8, 4) is 22.5 Å². The molecule has 0 amide bonds. The van der Waals surface area contributed by atoms with Crippen LogP contribution in [0.3, 0.4) is 0 Å². The number of furan rings is 1. The Labute approximate surface area is 313 Å². The molecule has 0 bridgehead atoms. The molecule has 1 radical (unpaired) electrons. The molecule has 49 heavy (non-hydrogen) atoms. The van der Waals surface area contributed by atoms with Crippen molar-refractivity contribution in [1.82, 2.24) is 9.97 Å². The first kappa shape index (κ1) is 25.8. The molecule has 2 aliphatic carbocycles. The molecule has 1 spiro atoms. The summed E-state index contributed by atoms with van der Waals surface area (Å²) in [5.41, 5.74) is 5.80. The summed E-state index contributed by atoms with van der Waals surface area (Å²) >= 11 is 0. The zero-order valence-corrected chi connectivity index (χ0v) is 29.7. The summed E-state index contributed by atoms with van der Waals surface area (Å²) < 4.78 is 62.5. The van der Waals surface area contributed by atoms with E-state index >= 15 is 0 Å². The van der Waals surface area contributed by atoms with Gasteiger partial charge in [0.25, 0.3) is 0 Å². The van der Waals surface area contributed by atoms with Crippen molar-refractivity contribution in [2.45, 2.75) is 77.4 Å². The van der Waals surface area contributed by atoms with Crippen molar-refractivity contribution < 1.29 is 34.1 Å². The van der Waals surface area contributed by atoms with Gasteiger partial charge in [-0.1, -0.05) is 84.8 Å². The number of benzene rings is 4. The minimum atomic E-state index is -2.33. The van der Waals surface area contributed by atoms with Gasteiger partial charge in [0, 0.05) is 52.9 Å². The maximum Gasteiger partial charge on any atom is 0.128 e. The average molecular weight is 826 g/mol. The third kappa shape index (κ3) is 6.74. The molecular formula is C45H42IrN2O-2. The van der Waals surface area contributed by atoms with Crippen molar-refractivity contribution in [3.05, 3.63) is 132 Å². The van der Waals surface area contributed by atoms with E-state index in [1.807, 2.05) is 48.5 Å². The predicted octanol–water partition coefficient (Wildman–Crippen LogP) is 12.4. The molecule has 4 aromatic carbocycles. The number of pyridine rings is 2. The fraction of sp³-hybridized carbons (Fsp3) is 0.289. The standard InChI is InChI=1S/C33H32NO.C12H10N.Ir/c1-22-21-34-30(20-29(22)24-14-18-33(19-15-24)16-5-2-6-17-33)28-11-7-10-26-27-13-12-23-8-3-4-9-25(23)31(27)35-32(26)28;1-10-7-8-12(13-9-10)11-5-3-2-4-6-11;/h3-4,7-10,12-13,20-21,24H,2,5-6,14-19H2,1H3;2-5,7-9H,1H3;/q2*-1;/i1D3,24D;1D3;. The van der Waals surface area contributed by atoms with Crippen molar-refractivity contribution >= 4 is 32.7 Å². The number of rotatable bonds is 3. The predicted molar refractivity (Wildman–Crippen MR) is 198 cm³/mol. The molecule has 9 rings (SSSR count). The SMILES string of the molecule is [2H]C([2H])([2H])c1ccc(-c2[c-]cccc2)nc1.[2H]C([2H])([2H])c1cnc(-c2[c-]ccc3c2oc2c4ccccc4ccc32)cc1C1([2H])CCC2(CCCCC2)CC1.[Ir]. The van der Waals surface area contributed by atoms with Crippen LogP contribution in [0.2, 0.25) is 0 Å². The third-order valence-corrected chi connectivity index (χ3v) is 10.4.